The van der Waals surface area contributed by atoms with E-state index < -0.39 is 16.0 Å². The van der Waals surface area contributed by atoms with E-state index >= 15 is 0 Å². The van der Waals surface area contributed by atoms with Gasteiger partial charge in [-0.2, -0.15) is 9.40 Å². The SMILES string of the molecule is CCCN(CC)S(=O)(=O)c1[nH]ncc1C(=O)O. The number of aromatic nitrogens is 2. The van der Waals surface area contributed by atoms with Gasteiger partial charge < -0.3 is 5.11 Å². The molecule has 0 bridgehead atoms. The molecule has 96 valence electrons. The quantitative estimate of drug-likeness (QED) is 0.777. The molecule has 1 aromatic rings. The Morgan fingerprint density at radius 1 is 1.53 bits per heavy atom. The van der Waals surface area contributed by atoms with E-state index in [1.54, 1.807) is 6.92 Å². The molecule has 7 nitrogen and oxygen atoms in total. The molecule has 8 heteroatoms. The lowest BCUT2D eigenvalue weighted by Gasteiger charge is -2.18. The van der Waals surface area contributed by atoms with Gasteiger partial charge >= 0.3 is 5.97 Å². The van der Waals surface area contributed by atoms with Crippen LogP contribution in [-0.2, 0) is 10.0 Å². The van der Waals surface area contributed by atoms with Crippen LogP contribution in [-0.4, -0.2) is 47.1 Å². The summed E-state index contributed by atoms with van der Waals surface area (Å²) in [4.78, 5) is 10.9. The predicted molar refractivity (Wildman–Crippen MR) is 60.3 cm³/mol. The molecule has 0 saturated heterocycles. The summed E-state index contributed by atoms with van der Waals surface area (Å²) in [6.07, 6.45) is 1.65. The van der Waals surface area contributed by atoms with Gasteiger partial charge in [0, 0.05) is 13.1 Å². The summed E-state index contributed by atoms with van der Waals surface area (Å²) in [7, 11) is -3.81. The monoisotopic (exact) mass is 261 g/mol. The fraction of sp³-hybridized carbons (Fsp3) is 0.556. The number of hydrogen-bond acceptors (Lipinski definition) is 4. The lowest BCUT2D eigenvalue weighted by molar-refractivity contribution is 0.0692. The summed E-state index contributed by atoms with van der Waals surface area (Å²) < 4.78 is 25.5. The number of sulfonamides is 1. The van der Waals surface area contributed by atoms with E-state index in [9.17, 15) is 13.2 Å². The molecule has 0 aromatic carbocycles. The number of H-pyrrole nitrogens is 1. The second-order valence-corrected chi connectivity index (χ2v) is 5.29. The standard InChI is InChI=1S/C9H15N3O4S/c1-3-5-12(4-2)17(15,16)8-7(9(13)14)6-10-11-8/h6H,3-5H2,1-2H3,(H,10,11)(H,13,14). The minimum atomic E-state index is -3.81. The van der Waals surface area contributed by atoms with Crippen LogP contribution in [0.3, 0.4) is 0 Å². The number of carbonyl (C=O) groups is 1. The Labute approximate surface area is 99.5 Å². The molecule has 0 amide bonds. The van der Waals surface area contributed by atoms with E-state index in [2.05, 4.69) is 10.2 Å². The zero-order valence-electron chi connectivity index (χ0n) is 9.67. The van der Waals surface area contributed by atoms with Crippen LogP contribution < -0.4 is 0 Å². The zero-order chi connectivity index (χ0) is 13.1. The number of aromatic amines is 1. The van der Waals surface area contributed by atoms with Crippen LogP contribution in [0.15, 0.2) is 11.2 Å². The first kappa shape index (κ1) is 13.7. The van der Waals surface area contributed by atoms with Crippen molar-refractivity contribution in [3.05, 3.63) is 11.8 Å². The summed E-state index contributed by atoms with van der Waals surface area (Å²) in [5, 5.41) is 14.2. The Hall–Kier alpha value is -1.41. The van der Waals surface area contributed by atoms with Gasteiger partial charge in [-0.1, -0.05) is 13.8 Å². The van der Waals surface area contributed by atoms with Crippen LogP contribution in [0.4, 0.5) is 0 Å². The van der Waals surface area contributed by atoms with Gasteiger partial charge in [0.25, 0.3) is 10.0 Å². The summed E-state index contributed by atoms with van der Waals surface area (Å²) in [6, 6.07) is 0. The van der Waals surface area contributed by atoms with E-state index in [1.165, 1.54) is 4.31 Å². The van der Waals surface area contributed by atoms with Crippen molar-refractivity contribution in [3.8, 4) is 0 Å². The highest BCUT2D eigenvalue weighted by atomic mass is 32.2. The molecular weight excluding hydrogens is 246 g/mol. The number of rotatable bonds is 6. The summed E-state index contributed by atoms with van der Waals surface area (Å²) in [5.74, 6) is -1.31. The fourth-order valence-corrected chi connectivity index (χ4v) is 3.06. The summed E-state index contributed by atoms with van der Waals surface area (Å²) >= 11 is 0. The molecule has 0 fully saturated rings. The Morgan fingerprint density at radius 3 is 2.65 bits per heavy atom. The second-order valence-electron chi connectivity index (χ2n) is 3.41. The van der Waals surface area contributed by atoms with Crippen molar-refractivity contribution < 1.29 is 18.3 Å². The minimum absolute atomic E-state index is 0.286. The van der Waals surface area contributed by atoms with Crippen LogP contribution in [0.2, 0.25) is 0 Å². The lowest BCUT2D eigenvalue weighted by Crippen LogP contribution is -2.32. The van der Waals surface area contributed by atoms with E-state index in [0.717, 1.165) is 6.20 Å². The first-order valence-electron chi connectivity index (χ1n) is 5.21. The Kier molecular flexibility index (Phi) is 4.24. The van der Waals surface area contributed by atoms with Gasteiger partial charge in [0.1, 0.15) is 5.56 Å². The molecule has 17 heavy (non-hydrogen) atoms. The van der Waals surface area contributed by atoms with Gasteiger partial charge in [-0.05, 0) is 6.42 Å². The van der Waals surface area contributed by atoms with Gasteiger partial charge in [0.05, 0.1) is 6.20 Å². The van der Waals surface area contributed by atoms with Gasteiger partial charge in [0.2, 0.25) is 0 Å². The van der Waals surface area contributed by atoms with Crippen molar-refractivity contribution >= 4 is 16.0 Å². The van der Waals surface area contributed by atoms with Crippen LogP contribution in [0, 0.1) is 0 Å². The zero-order valence-corrected chi connectivity index (χ0v) is 10.5. The third-order valence-corrected chi connectivity index (χ3v) is 4.21. The van der Waals surface area contributed by atoms with Gasteiger partial charge in [-0.25, -0.2) is 13.2 Å². The molecule has 0 aliphatic rings. The molecular formula is C9H15N3O4S. The molecule has 0 spiro atoms. The maximum absolute atomic E-state index is 12.1. The average molecular weight is 261 g/mol. The van der Waals surface area contributed by atoms with Gasteiger partial charge in [-0.15, -0.1) is 0 Å². The molecule has 0 aliphatic carbocycles. The highest BCUT2D eigenvalue weighted by Gasteiger charge is 2.29. The largest absolute Gasteiger partial charge is 0.478 e. The van der Waals surface area contributed by atoms with Crippen molar-refractivity contribution in [2.24, 2.45) is 0 Å². The molecule has 0 unspecified atom stereocenters. The van der Waals surface area contributed by atoms with Crippen molar-refractivity contribution in [1.82, 2.24) is 14.5 Å². The molecule has 2 N–H and O–H groups in total. The van der Waals surface area contributed by atoms with Crippen LogP contribution in [0.5, 0.6) is 0 Å². The molecule has 1 heterocycles. The number of aromatic carboxylic acids is 1. The van der Waals surface area contributed by atoms with E-state index in [1.807, 2.05) is 6.92 Å². The lowest BCUT2D eigenvalue weighted by atomic mass is 10.4. The molecule has 0 radical (unpaired) electrons. The third kappa shape index (κ3) is 2.64. The average Bonchev–Trinajstić information content (AvgIpc) is 2.74. The minimum Gasteiger partial charge on any atom is -0.478 e. The number of carboxylic acid groups (broad SMARTS) is 1. The Bertz CT molecular complexity index is 494. The smallest absolute Gasteiger partial charge is 0.340 e. The highest BCUT2D eigenvalue weighted by Crippen LogP contribution is 2.17. The molecule has 0 saturated carbocycles. The molecule has 1 aromatic heterocycles. The molecule has 0 aliphatic heterocycles. The maximum Gasteiger partial charge on any atom is 0.340 e. The molecule has 1 rings (SSSR count). The Morgan fingerprint density at radius 2 is 2.18 bits per heavy atom. The van der Waals surface area contributed by atoms with Crippen LogP contribution in [0.1, 0.15) is 30.6 Å². The number of nitrogens with one attached hydrogen (secondary N) is 1. The van der Waals surface area contributed by atoms with Crippen LogP contribution >= 0.6 is 0 Å². The van der Waals surface area contributed by atoms with Crippen LogP contribution in [0.25, 0.3) is 0 Å². The number of hydrogen-bond donors (Lipinski definition) is 2. The number of nitrogens with zero attached hydrogens (tertiary/aromatic N) is 2. The van der Waals surface area contributed by atoms with E-state index in [0.29, 0.717) is 13.0 Å². The van der Waals surface area contributed by atoms with Gasteiger partial charge in [-0.3, -0.25) is 5.10 Å². The maximum atomic E-state index is 12.1. The first-order valence-corrected chi connectivity index (χ1v) is 6.65. The predicted octanol–water partition coefficient (Wildman–Crippen LogP) is 0.528. The fourth-order valence-electron chi connectivity index (χ4n) is 1.45. The van der Waals surface area contributed by atoms with E-state index in [4.69, 9.17) is 5.11 Å². The highest BCUT2D eigenvalue weighted by molar-refractivity contribution is 7.89. The summed E-state index contributed by atoms with van der Waals surface area (Å²) in [6.45, 7) is 4.18. The van der Waals surface area contributed by atoms with Crippen molar-refractivity contribution in [3.63, 3.8) is 0 Å². The van der Waals surface area contributed by atoms with Crippen molar-refractivity contribution in [1.29, 1.82) is 0 Å². The topological polar surface area (TPSA) is 103 Å². The van der Waals surface area contributed by atoms with Gasteiger partial charge in [0.15, 0.2) is 5.03 Å². The normalized spacial score (nSPS) is 11.9. The van der Waals surface area contributed by atoms with Crippen molar-refractivity contribution in [2.75, 3.05) is 13.1 Å². The third-order valence-electron chi connectivity index (χ3n) is 2.26. The Balaban J connectivity index is 3.20. The molecule has 0 atom stereocenters. The first-order chi connectivity index (χ1) is 7.95. The number of carboxylic acids is 1. The van der Waals surface area contributed by atoms with E-state index in [-0.39, 0.29) is 17.1 Å². The second kappa shape index (κ2) is 5.28. The van der Waals surface area contributed by atoms with Crippen molar-refractivity contribution in [2.45, 2.75) is 25.3 Å². The summed E-state index contributed by atoms with van der Waals surface area (Å²) in [5.41, 5.74) is -0.334.